The maximum Gasteiger partial charge on any atom is 0.257 e. The van der Waals surface area contributed by atoms with Crippen LogP contribution in [0.1, 0.15) is 0 Å². The lowest BCUT2D eigenvalue weighted by atomic mass is 10.3. The fraction of sp³-hybridized carbons (Fsp3) is 0.267. The second-order valence-corrected chi connectivity index (χ2v) is 4.93. The van der Waals surface area contributed by atoms with Gasteiger partial charge < -0.3 is 19.4 Å². The Bertz CT molecular complexity index is 813. The summed E-state index contributed by atoms with van der Waals surface area (Å²) < 4.78 is 10.4. The van der Waals surface area contributed by atoms with Gasteiger partial charge in [-0.15, -0.1) is 0 Å². The lowest BCUT2D eigenvalue weighted by Crippen LogP contribution is -2.10. The summed E-state index contributed by atoms with van der Waals surface area (Å²) >= 11 is 0. The summed E-state index contributed by atoms with van der Waals surface area (Å²) in [5, 5.41) is 0. The number of nitrogens with one attached hydrogen (secondary N) is 1. The topological polar surface area (TPSA) is 76.2 Å². The van der Waals surface area contributed by atoms with E-state index < -0.39 is 0 Å². The van der Waals surface area contributed by atoms with Gasteiger partial charge in [-0.3, -0.25) is 0 Å². The Morgan fingerprint density at radius 2 is 1.77 bits per heavy atom. The maximum absolute atomic E-state index is 5.22. The van der Waals surface area contributed by atoms with E-state index in [0.29, 0.717) is 28.8 Å². The SMILES string of the molecule is COc1ccc(-c2nc3nc(N(C)C)ccc3[nH]2)nc1OC. The Balaban J connectivity index is 2.06. The summed E-state index contributed by atoms with van der Waals surface area (Å²) in [5.41, 5.74) is 2.18. The molecule has 0 aromatic carbocycles. The van der Waals surface area contributed by atoms with E-state index in [0.717, 1.165) is 11.3 Å². The van der Waals surface area contributed by atoms with E-state index in [4.69, 9.17) is 9.47 Å². The second-order valence-electron chi connectivity index (χ2n) is 4.93. The van der Waals surface area contributed by atoms with Gasteiger partial charge in [-0.2, -0.15) is 0 Å². The highest BCUT2D eigenvalue weighted by atomic mass is 16.5. The van der Waals surface area contributed by atoms with Crippen molar-refractivity contribution in [1.82, 2.24) is 19.9 Å². The van der Waals surface area contributed by atoms with Crippen LogP contribution in [0.25, 0.3) is 22.7 Å². The van der Waals surface area contributed by atoms with E-state index >= 15 is 0 Å². The summed E-state index contributed by atoms with van der Waals surface area (Å²) in [6.07, 6.45) is 0. The average molecular weight is 299 g/mol. The van der Waals surface area contributed by atoms with Gasteiger partial charge in [0.1, 0.15) is 11.5 Å². The van der Waals surface area contributed by atoms with Crippen LogP contribution >= 0.6 is 0 Å². The molecule has 1 N–H and O–H groups in total. The normalized spacial score (nSPS) is 10.7. The van der Waals surface area contributed by atoms with Crippen molar-refractivity contribution < 1.29 is 9.47 Å². The van der Waals surface area contributed by atoms with Crippen molar-refractivity contribution in [1.29, 1.82) is 0 Å². The monoisotopic (exact) mass is 299 g/mol. The van der Waals surface area contributed by atoms with Gasteiger partial charge in [0.25, 0.3) is 5.88 Å². The van der Waals surface area contributed by atoms with Crippen LogP contribution in [0, 0.1) is 0 Å². The number of H-pyrrole nitrogens is 1. The summed E-state index contributed by atoms with van der Waals surface area (Å²) in [6, 6.07) is 7.51. The maximum atomic E-state index is 5.22. The average Bonchev–Trinajstić information content (AvgIpc) is 2.97. The van der Waals surface area contributed by atoms with Gasteiger partial charge in [0.15, 0.2) is 17.2 Å². The summed E-state index contributed by atoms with van der Waals surface area (Å²) in [6.45, 7) is 0. The fourth-order valence-electron chi connectivity index (χ4n) is 2.11. The van der Waals surface area contributed by atoms with Crippen molar-refractivity contribution in [2.75, 3.05) is 33.2 Å². The van der Waals surface area contributed by atoms with Crippen LogP contribution in [-0.4, -0.2) is 48.3 Å². The third-order valence-electron chi connectivity index (χ3n) is 3.27. The molecule has 7 nitrogen and oxygen atoms in total. The molecule has 0 aliphatic carbocycles. The number of fused-ring (bicyclic) bond motifs is 1. The van der Waals surface area contributed by atoms with E-state index in [1.165, 1.54) is 0 Å². The van der Waals surface area contributed by atoms with Crippen molar-refractivity contribution in [3.05, 3.63) is 24.3 Å². The zero-order valence-corrected chi connectivity index (χ0v) is 12.9. The minimum Gasteiger partial charge on any atom is -0.491 e. The van der Waals surface area contributed by atoms with Gasteiger partial charge in [-0.25, -0.2) is 15.0 Å². The molecule has 7 heteroatoms. The highest BCUT2D eigenvalue weighted by molar-refractivity contribution is 5.77. The zero-order valence-electron chi connectivity index (χ0n) is 12.9. The summed E-state index contributed by atoms with van der Waals surface area (Å²) in [7, 11) is 7.01. The smallest absolute Gasteiger partial charge is 0.257 e. The molecule has 0 saturated carbocycles. The van der Waals surface area contributed by atoms with Gasteiger partial charge in [0.05, 0.1) is 19.7 Å². The number of imidazole rings is 1. The van der Waals surface area contributed by atoms with Crippen molar-refractivity contribution in [2.45, 2.75) is 0 Å². The Labute approximate surface area is 127 Å². The highest BCUT2D eigenvalue weighted by Crippen LogP contribution is 2.28. The molecule has 0 aliphatic rings. The number of pyridine rings is 2. The first-order chi connectivity index (χ1) is 10.6. The van der Waals surface area contributed by atoms with E-state index in [1.807, 2.05) is 37.2 Å². The third-order valence-corrected chi connectivity index (χ3v) is 3.27. The van der Waals surface area contributed by atoms with Crippen molar-refractivity contribution in [3.63, 3.8) is 0 Å². The number of methoxy groups -OCH3 is 2. The summed E-state index contributed by atoms with van der Waals surface area (Å²) in [4.78, 5) is 18.6. The lowest BCUT2D eigenvalue weighted by molar-refractivity contribution is 0.343. The zero-order chi connectivity index (χ0) is 15.7. The Morgan fingerprint density at radius 1 is 0.955 bits per heavy atom. The van der Waals surface area contributed by atoms with Crippen molar-refractivity contribution in [2.24, 2.45) is 0 Å². The molecule has 0 saturated heterocycles. The quantitative estimate of drug-likeness (QED) is 0.795. The molecule has 0 radical (unpaired) electrons. The fourth-order valence-corrected chi connectivity index (χ4v) is 2.11. The number of nitrogens with zero attached hydrogens (tertiary/aromatic N) is 4. The number of hydrogen-bond acceptors (Lipinski definition) is 6. The van der Waals surface area contributed by atoms with Gasteiger partial charge in [0, 0.05) is 14.1 Å². The first kappa shape index (κ1) is 14.1. The molecule has 0 amide bonds. The van der Waals surface area contributed by atoms with Crippen LogP contribution in [0.2, 0.25) is 0 Å². The van der Waals surface area contributed by atoms with Crippen LogP contribution in [0.3, 0.4) is 0 Å². The van der Waals surface area contributed by atoms with E-state index in [9.17, 15) is 0 Å². The van der Waals surface area contributed by atoms with Crippen molar-refractivity contribution >= 4 is 17.0 Å². The Hall–Kier alpha value is -2.83. The molecule has 3 aromatic rings. The number of aromatic nitrogens is 4. The largest absolute Gasteiger partial charge is 0.491 e. The number of hydrogen-bond donors (Lipinski definition) is 1. The lowest BCUT2D eigenvalue weighted by Gasteiger charge is -2.09. The molecule has 0 aliphatic heterocycles. The van der Waals surface area contributed by atoms with Gasteiger partial charge in [-0.1, -0.05) is 0 Å². The molecule has 3 aromatic heterocycles. The first-order valence-corrected chi connectivity index (χ1v) is 6.76. The molecule has 0 spiro atoms. The van der Waals surface area contributed by atoms with Crippen LogP contribution in [-0.2, 0) is 0 Å². The second kappa shape index (κ2) is 5.51. The van der Waals surface area contributed by atoms with E-state index in [2.05, 4.69) is 19.9 Å². The molecule has 114 valence electrons. The first-order valence-electron chi connectivity index (χ1n) is 6.76. The molecule has 3 heterocycles. The molecule has 0 atom stereocenters. The number of ether oxygens (including phenoxy) is 2. The molecular weight excluding hydrogens is 282 g/mol. The molecule has 0 unspecified atom stereocenters. The van der Waals surface area contributed by atoms with Gasteiger partial charge in [0.2, 0.25) is 0 Å². The number of rotatable bonds is 4. The third kappa shape index (κ3) is 2.41. The number of anilines is 1. The predicted molar refractivity (Wildman–Crippen MR) is 84.6 cm³/mol. The van der Waals surface area contributed by atoms with Crippen molar-refractivity contribution in [3.8, 4) is 23.1 Å². The number of aromatic amines is 1. The Kier molecular flexibility index (Phi) is 3.54. The molecule has 0 bridgehead atoms. The molecule has 22 heavy (non-hydrogen) atoms. The van der Waals surface area contributed by atoms with E-state index in [-0.39, 0.29) is 0 Å². The minimum atomic E-state index is 0.419. The molecule has 0 fully saturated rings. The molecular formula is C15H17N5O2. The standard InChI is InChI=1S/C15H17N5O2/c1-20(2)12-8-6-9-14(18-12)19-13(16-9)10-5-7-11(21-3)15(17-10)22-4/h5-8H,1-4H3,(H,16,18,19). The summed E-state index contributed by atoms with van der Waals surface area (Å²) in [5.74, 6) is 2.49. The molecule has 3 rings (SSSR count). The predicted octanol–water partition coefficient (Wildman–Crippen LogP) is 2.10. The highest BCUT2D eigenvalue weighted by Gasteiger charge is 2.12. The van der Waals surface area contributed by atoms with Crippen LogP contribution < -0.4 is 14.4 Å². The van der Waals surface area contributed by atoms with Gasteiger partial charge >= 0.3 is 0 Å². The minimum absolute atomic E-state index is 0.419. The van der Waals surface area contributed by atoms with Crippen LogP contribution in [0.5, 0.6) is 11.6 Å². The van der Waals surface area contributed by atoms with Crippen LogP contribution in [0.15, 0.2) is 24.3 Å². The van der Waals surface area contributed by atoms with Gasteiger partial charge in [-0.05, 0) is 24.3 Å². The van der Waals surface area contributed by atoms with Crippen LogP contribution in [0.4, 0.5) is 5.82 Å². The van der Waals surface area contributed by atoms with E-state index in [1.54, 1.807) is 20.3 Å². The Morgan fingerprint density at radius 3 is 2.45 bits per heavy atom.